The summed E-state index contributed by atoms with van der Waals surface area (Å²) in [6.07, 6.45) is -6.19. The summed E-state index contributed by atoms with van der Waals surface area (Å²) < 4.78 is 42.0. The lowest BCUT2D eigenvalue weighted by Crippen LogP contribution is -2.64. The lowest BCUT2D eigenvalue weighted by Gasteiger charge is -2.43. The van der Waals surface area contributed by atoms with Crippen LogP contribution in [0.25, 0.3) is 0 Å². The van der Waals surface area contributed by atoms with Crippen LogP contribution in [0.4, 0.5) is 0 Å². The van der Waals surface area contributed by atoms with Gasteiger partial charge >= 0.3 is 13.7 Å². The summed E-state index contributed by atoms with van der Waals surface area (Å²) in [7, 11) is -3.16. The second-order valence-corrected chi connectivity index (χ2v) is 11.8. The lowest BCUT2D eigenvalue weighted by molar-refractivity contribution is -0.250. The minimum absolute atomic E-state index is 0.0336. The third kappa shape index (κ3) is 9.50. The number of benzene rings is 2. The van der Waals surface area contributed by atoms with Gasteiger partial charge in [-0.2, -0.15) is 5.09 Å². The number of aliphatic hydroxyl groups is 3. The molecule has 0 radical (unpaired) electrons. The molecule has 2 aromatic carbocycles. The summed E-state index contributed by atoms with van der Waals surface area (Å²) >= 11 is 0. The lowest BCUT2D eigenvalue weighted by atomic mass is 9.97. The number of rotatable bonds is 14. The molecule has 5 N–H and O–H groups in total. The highest BCUT2D eigenvalue weighted by Gasteiger charge is 2.50. The maximum atomic E-state index is 14.5. The van der Waals surface area contributed by atoms with Crippen LogP contribution in [0.5, 0.6) is 11.5 Å². The molecule has 7 atom stereocenters. The summed E-state index contributed by atoms with van der Waals surface area (Å²) in [6.45, 7) is 4.12. The summed E-state index contributed by atoms with van der Waals surface area (Å²) in [5.74, 6) is -0.847. The zero-order valence-corrected chi connectivity index (χ0v) is 24.8. The standard InChI is InChI=1S/C28H39N2O11P/c1-17(2)14-22(27(34)38-16-19-8-6-5-7-9-19)30-42(36,40-21-12-10-20(37-4)11-13-21)41-26-24(29-18(3)32)28(35)39-23(15-31)25(26)33/h5-13,17,22-26,28,31,33,35H,14-16H2,1-4H3,(H,29,32)(H,30,36)/t22?,23-,24-,25-,26-,28+,42?/m1/s1. The van der Waals surface area contributed by atoms with Gasteiger partial charge in [-0.25, -0.2) is 4.57 Å². The van der Waals surface area contributed by atoms with E-state index in [1.54, 1.807) is 36.4 Å². The highest BCUT2D eigenvalue weighted by atomic mass is 31.2. The first-order valence-corrected chi connectivity index (χ1v) is 15.0. The molecule has 42 heavy (non-hydrogen) atoms. The molecule has 0 spiro atoms. The van der Waals surface area contributed by atoms with Gasteiger partial charge in [0, 0.05) is 6.92 Å². The van der Waals surface area contributed by atoms with E-state index in [1.165, 1.54) is 26.2 Å². The van der Waals surface area contributed by atoms with Crippen molar-refractivity contribution in [3.8, 4) is 11.5 Å². The molecule has 0 aliphatic carbocycles. The minimum atomic E-state index is -4.63. The van der Waals surface area contributed by atoms with Crippen molar-refractivity contribution in [3.05, 3.63) is 60.2 Å². The fraction of sp³-hybridized carbons (Fsp3) is 0.500. The predicted octanol–water partition coefficient (Wildman–Crippen LogP) is 1.89. The molecule has 1 fully saturated rings. The van der Waals surface area contributed by atoms with Crippen LogP contribution in [0.1, 0.15) is 32.8 Å². The normalized spacial score (nSPS) is 24.3. The van der Waals surface area contributed by atoms with E-state index in [2.05, 4.69) is 10.4 Å². The van der Waals surface area contributed by atoms with Gasteiger partial charge in [0.05, 0.1) is 13.7 Å². The second-order valence-electron chi connectivity index (χ2n) is 10.2. The van der Waals surface area contributed by atoms with Gasteiger partial charge in [0.1, 0.15) is 48.5 Å². The van der Waals surface area contributed by atoms with Gasteiger partial charge in [-0.15, -0.1) is 0 Å². The number of ether oxygens (including phenoxy) is 3. The van der Waals surface area contributed by atoms with E-state index in [1.807, 2.05) is 19.9 Å². The Kier molecular flexibility index (Phi) is 12.3. The number of amides is 1. The van der Waals surface area contributed by atoms with Crippen LogP contribution >= 0.6 is 7.75 Å². The Bertz CT molecular complexity index is 1200. The summed E-state index contributed by atoms with van der Waals surface area (Å²) in [5, 5.41) is 36.2. The van der Waals surface area contributed by atoms with E-state index in [4.69, 9.17) is 23.3 Å². The van der Waals surface area contributed by atoms with Gasteiger partial charge < -0.3 is 39.4 Å². The smallest absolute Gasteiger partial charge is 0.459 e. The minimum Gasteiger partial charge on any atom is -0.497 e. The van der Waals surface area contributed by atoms with Gasteiger partial charge in [0.15, 0.2) is 6.29 Å². The molecule has 3 rings (SSSR count). The Morgan fingerprint density at radius 3 is 2.26 bits per heavy atom. The van der Waals surface area contributed by atoms with Crippen molar-refractivity contribution < 1.29 is 52.7 Å². The topological polar surface area (TPSA) is 182 Å². The highest BCUT2D eigenvalue weighted by Crippen LogP contribution is 2.48. The molecule has 232 valence electrons. The maximum Gasteiger partial charge on any atom is 0.459 e. The van der Waals surface area contributed by atoms with Crippen LogP contribution in [0.2, 0.25) is 0 Å². The number of nitrogens with one attached hydrogen (secondary N) is 2. The van der Waals surface area contributed by atoms with Crippen molar-refractivity contribution in [2.75, 3.05) is 13.7 Å². The number of hydrogen-bond donors (Lipinski definition) is 5. The van der Waals surface area contributed by atoms with E-state index < -0.39 is 62.9 Å². The molecule has 2 aromatic rings. The summed E-state index contributed by atoms with van der Waals surface area (Å²) in [5.41, 5.74) is 0.746. The average Bonchev–Trinajstić information content (AvgIpc) is 2.95. The molecule has 13 nitrogen and oxygen atoms in total. The van der Waals surface area contributed by atoms with Crippen LogP contribution in [-0.2, 0) is 34.8 Å². The van der Waals surface area contributed by atoms with E-state index in [0.717, 1.165) is 5.56 Å². The summed E-state index contributed by atoms with van der Waals surface area (Å²) in [6, 6.07) is 12.4. The number of aliphatic hydroxyl groups excluding tert-OH is 3. The molecule has 1 heterocycles. The molecule has 1 aliphatic heterocycles. The van der Waals surface area contributed by atoms with Crippen molar-refractivity contribution in [1.29, 1.82) is 0 Å². The molecular weight excluding hydrogens is 571 g/mol. The zero-order valence-electron chi connectivity index (χ0n) is 23.9. The Labute approximate surface area is 244 Å². The molecule has 1 aliphatic rings. The van der Waals surface area contributed by atoms with Crippen LogP contribution in [0.3, 0.4) is 0 Å². The summed E-state index contributed by atoms with van der Waals surface area (Å²) in [4.78, 5) is 25.2. The van der Waals surface area contributed by atoms with Gasteiger partial charge in [-0.1, -0.05) is 44.2 Å². The average molecular weight is 611 g/mol. The molecule has 14 heteroatoms. The Balaban J connectivity index is 1.95. The molecular formula is C28H39N2O11P. The van der Waals surface area contributed by atoms with Crippen molar-refractivity contribution in [3.63, 3.8) is 0 Å². The van der Waals surface area contributed by atoms with Crippen molar-refractivity contribution in [2.24, 2.45) is 5.92 Å². The Morgan fingerprint density at radius 2 is 1.69 bits per heavy atom. The van der Waals surface area contributed by atoms with Crippen LogP contribution in [0.15, 0.2) is 54.6 Å². The first-order chi connectivity index (χ1) is 19.9. The fourth-order valence-corrected chi connectivity index (χ4v) is 6.03. The van der Waals surface area contributed by atoms with Gasteiger partial charge in [0.25, 0.3) is 0 Å². The van der Waals surface area contributed by atoms with Gasteiger partial charge in [0.2, 0.25) is 5.91 Å². The number of methoxy groups -OCH3 is 1. The number of carbonyl (C=O) groups excluding carboxylic acids is 2. The molecule has 0 aromatic heterocycles. The number of esters is 1. The number of carbonyl (C=O) groups is 2. The van der Waals surface area contributed by atoms with Crippen LogP contribution in [0, 0.1) is 5.92 Å². The molecule has 0 bridgehead atoms. The largest absolute Gasteiger partial charge is 0.497 e. The van der Waals surface area contributed by atoms with E-state index >= 15 is 0 Å². The van der Waals surface area contributed by atoms with Crippen LogP contribution < -0.4 is 19.7 Å². The quantitative estimate of drug-likeness (QED) is 0.155. The zero-order chi connectivity index (χ0) is 30.9. The Hall–Kier alpha value is -3.03. The Morgan fingerprint density at radius 1 is 1.05 bits per heavy atom. The first kappa shape index (κ1) is 33.5. The fourth-order valence-electron chi connectivity index (χ4n) is 4.30. The van der Waals surface area contributed by atoms with E-state index in [0.29, 0.717) is 5.75 Å². The van der Waals surface area contributed by atoms with E-state index in [-0.39, 0.29) is 24.7 Å². The highest BCUT2D eigenvalue weighted by molar-refractivity contribution is 7.52. The van der Waals surface area contributed by atoms with Crippen molar-refractivity contribution in [2.45, 2.75) is 70.5 Å². The first-order valence-electron chi connectivity index (χ1n) is 13.4. The van der Waals surface area contributed by atoms with Crippen molar-refractivity contribution >= 4 is 19.6 Å². The molecule has 2 unspecified atom stereocenters. The molecule has 0 saturated carbocycles. The van der Waals surface area contributed by atoms with Gasteiger partial charge in [-0.05, 0) is 42.2 Å². The predicted molar refractivity (Wildman–Crippen MR) is 150 cm³/mol. The molecule has 1 amide bonds. The van der Waals surface area contributed by atoms with Crippen LogP contribution in [-0.4, -0.2) is 77.6 Å². The maximum absolute atomic E-state index is 14.5. The van der Waals surface area contributed by atoms with Crippen molar-refractivity contribution in [1.82, 2.24) is 10.4 Å². The monoisotopic (exact) mass is 610 g/mol. The third-order valence-corrected chi connectivity index (χ3v) is 7.92. The second kappa shape index (κ2) is 15.4. The third-order valence-electron chi connectivity index (χ3n) is 6.32. The molecule has 1 saturated heterocycles. The number of hydrogen-bond acceptors (Lipinski definition) is 11. The van der Waals surface area contributed by atoms with E-state index in [9.17, 15) is 29.5 Å². The van der Waals surface area contributed by atoms with Gasteiger partial charge in [-0.3, -0.25) is 14.1 Å². The SMILES string of the molecule is COc1ccc(OP(=O)(NC(CC(C)C)C(=O)OCc2ccccc2)O[C@H]2[C@H](O)[C@@H](CO)O[C@H](O)[C@@H]2NC(C)=O)cc1.